The number of benzene rings is 1. The number of imidazole rings is 1. The molecule has 0 aliphatic carbocycles. The maximum absolute atomic E-state index is 12.5. The van der Waals surface area contributed by atoms with E-state index in [0.717, 1.165) is 28.5 Å². The number of hydrogen-bond donors (Lipinski definition) is 0. The molecule has 150 valence electrons. The quantitative estimate of drug-likeness (QED) is 0.661. The molecule has 2 aromatic heterocycles. The van der Waals surface area contributed by atoms with Crippen molar-refractivity contribution >= 4 is 11.7 Å². The van der Waals surface area contributed by atoms with E-state index < -0.39 is 0 Å². The molecule has 8 heteroatoms. The summed E-state index contributed by atoms with van der Waals surface area (Å²) in [7, 11) is 0. The second-order valence-corrected chi connectivity index (χ2v) is 7.07. The van der Waals surface area contributed by atoms with E-state index in [1.807, 2.05) is 59.8 Å². The van der Waals surface area contributed by atoms with Crippen molar-refractivity contribution in [3.8, 4) is 11.6 Å². The fraction of sp³-hybridized carbons (Fsp3) is 0.333. The van der Waals surface area contributed by atoms with E-state index >= 15 is 0 Å². The van der Waals surface area contributed by atoms with Gasteiger partial charge in [-0.1, -0.05) is 12.1 Å². The van der Waals surface area contributed by atoms with Crippen molar-refractivity contribution in [3.05, 3.63) is 60.2 Å². The number of aromatic nitrogens is 4. The minimum absolute atomic E-state index is 0.00657. The number of aryl methyl sites for hydroxylation is 1. The van der Waals surface area contributed by atoms with Crippen molar-refractivity contribution in [2.75, 3.05) is 37.7 Å². The lowest BCUT2D eigenvalue weighted by molar-refractivity contribution is -0.133. The Balaban J connectivity index is 1.29. The molecule has 4 rings (SSSR count). The Hall–Kier alpha value is -3.42. The molecule has 1 saturated heterocycles. The molecule has 0 unspecified atom stereocenters. The number of ether oxygens (including phenoxy) is 1. The third-order valence-electron chi connectivity index (χ3n) is 5.27. The highest BCUT2D eigenvalue weighted by atomic mass is 16.5. The van der Waals surface area contributed by atoms with Gasteiger partial charge in [-0.2, -0.15) is 0 Å². The summed E-state index contributed by atoms with van der Waals surface area (Å²) in [6.07, 6.45) is 5.22. The molecule has 1 aliphatic rings. The summed E-state index contributed by atoms with van der Waals surface area (Å²) in [5.41, 5.74) is 2.23. The van der Waals surface area contributed by atoms with Crippen LogP contribution in [0, 0.1) is 13.8 Å². The third-order valence-corrected chi connectivity index (χ3v) is 5.27. The van der Waals surface area contributed by atoms with Gasteiger partial charge >= 0.3 is 0 Å². The van der Waals surface area contributed by atoms with Crippen molar-refractivity contribution < 1.29 is 9.53 Å². The Bertz CT molecular complexity index is 963. The molecule has 29 heavy (non-hydrogen) atoms. The molecule has 0 atom stereocenters. The molecule has 0 bridgehead atoms. The Kier molecular flexibility index (Phi) is 5.41. The molecule has 1 amide bonds. The molecule has 8 nitrogen and oxygen atoms in total. The highest BCUT2D eigenvalue weighted by molar-refractivity contribution is 5.78. The number of piperazine rings is 1. The first-order valence-corrected chi connectivity index (χ1v) is 9.65. The van der Waals surface area contributed by atoms with Crippen LogP contribution < -0.4 is 9.64 Å². The topological polar surface area (TPSA) is 76.4 Å². The Morgan fingerprint density at radius 3 is 2.48 bits per heavy atom. The minimum atomic E-state index is 0.00657. The van der Waals surface area contributed by atoms with Crippen LogP contribution in [-0.4, -0.2) is 63.3 Å². The number of amides is 1. The van der Waals surface area contributed by atoms with E-state index in [-0.39, 0.29) is 12.5 Å². The normalized spacial score (nSPS) is 14.1. The lowest BCUT2D eigenvalue weighted by Gasteiger charge is -2.35. The average Bonchev–Trinajstić information content (AvgIpc) is 3.30. The van der Waals surface area contributed by atoms with Crippen LogP contribution in [-0.2, 0) is 4.79 Å². The summed E-state index contributed by atoms with van der Waals surface area (Å²) in [6.45, 7) is 6.81. The van der Waals surface area contributed by atoms with Crippen molar-refractivity contribution in [2.45, 2.75) is 13.8 Å². The maximum atomic E-state index is 12.5. The molecule has 1 fully saturated rings. The third kappa shape index (κ3) is 4.21. The SMILES string of the molecule is Cc1cccc(OCC(=O)N2CCN(c3ccc(-n4ccnc4)nn3)CC2)c1C. The number of anilines is 1. The summed E-state index contributed by atoms with van der Waals surface area (Å²) in [6, 6.07) is 9.75. The zero-order valence-electron chi connectivity index (χ0n) is 16.7. The molecular formula is C21H24N6O2. The van der Waals surface area contributed by atoms with Gasteiger partial charge in [-0.25, -0.2) is 4.98 Å². The molecular weight excluding hydrogens is 368 g/mol. The van der Waals surface area contributed by atoms with E-state index in [1.165, 1.54) is 0 Å². The summed E-state index contributed by atoms with van der Waals surface area (Å²) in [4.78, 5) is 20.5. The largest absolute Gasteiger partial charge is 0.483 e. The van der Waals surface area contributed by atoms with Crippen molar-refractivity contribution in [3.63, 3.8) is 0 Å². The van der Waals surface area contributed by atoms with Crippen LogP contribution in [0.5, 0.6) is 5.75 Å². The van der Waals surface area contributed by atoms with Crippen LogP contribution >= 0.6 is 0 Å². The molecule has 0 spiro atoms. The van der Waals surface area contributed by atoms with Gasteiger partial charge in [0.2, 0.25) is 0 Å². The van der Waals surface area contributed by atoms with Crippen molar-refractivity contribution in [2.24, 2.45) is 0 Å². The van der Waals surface area contributed by atoms with Gasteiger partial charge in [-0.3, -0.25) is 9.36 Å². The van der Waals surface area contributed by atoms with Crippen LogP contribution in [0.1, 0.15) is 11.1 Å². The van der Waals surface area contributed by atoms with Gasteiger partial charge in [-0.15, -0.1) is 10.2 Å². The predicted octanol–water partition coefficient (Wildman–Crippen LogP) is 2.01. The van der Waals surface area contributed by atoms with Crippen LogP contribution in [0.2, 0.25) is 0 Å². The fourth-order valence-electron chi connectivity index (χ4n) is 3.32. The zero-order chi connectivity index (χ0) is 20.2. The standard InChI is InChI=1S/C21H24N6O2/c1-16-4-3-5-18(17(16)2)29-14-21(28)26-12-10-25(11-13-26)19-6-7-20(24-23-19)27-9-8-22-15-27/h3-9,15H,10-14H2,1-2H3. The molecule has 0 saturated carbocycles. The lowest BCUT2D eigenvalue weighted by atomic mass is 10.1. The maximum Gasteiger partial charge on any atom is 0.260 e. The molecule has 1 aromatic carbocycles. The van der Waals surface area contributed by atoms with Crippen LogP contribution in [0.4, 0.5) is 5.82 Å². The second-order valence-electron chi connectivity index (χ2n) is 7.07. The van der Waals surface area contributed by atoms with E-state index in [9.17, 15) is 4.79 Å². The summed E-state index contributed by atoms with van der Waals surface area (Å²) in [5.74, 6) is 2.31. The number of rotatable bonds is 5. The fourth-order valence-corrected chi connectivity index (χ4v) is 3.32. The van der Waals surface area contributed by atoms with E-state index in [2.05, 4.69) is 20.1 Å². The monoisotopic (exact) mass is 392 g/mol. The summed E-state index contributed by atoms with van der Waals surface area (Å²) >= 11 is 0. The Labute approximate surface area is 169 Å². The van der Waals surface area contributed by atoms with Crippen molar-refractivity contribution in [1.82, 2.24) is 24.6 Å². The first kappa shape index (κ1) is 18.9. The van der Waals surface area contributed by atoms with Crippen LogP contribution in [0.3, 0.4) is 0 Å². The molecule has 3 heterocycles. The van der Waals surface area contributed by atoms with Gasteiger partial charge in [0.25, 0.3) is 5.91 Å². The zero-order valence-corrected chi connectivity index (χ0v) is 16.7. The minimum Gasteiger partial charge on any atom is -0.483 e. The van der Waals surface area contributed by atoms with Gasteiger partial charge in [0.1, 0.15) is 12.1 Å². The van der Waals surface area contributed by atoms with Gasteiger partial charge in [0.05, 0.1) is 0 Å². The first-order chi connectivity index (χ1) is 14.1. The first-order valence-electron chi connectivity index (χ1n) is 9.65. The lowest BCUT2D eigenvalue weighted by Crippen LogP contribution is -2.50. The number of hydrogen-bond acceptors (Lipinski definition) is 6. The summed E-state index contributed by atoms with van der Waals surface area (Å²) < 4.78 is 7.57. The number of nitrogens with zero attached hydrogens (tertiary/aromatic N) is 6. The highest BCUT2D eigenvalue weighted by Gasteiger charge is 2.22. The predicted molar refractivity (Wildman–Crippen MR) is 109 cm³/mol. The second kappa shape index (κ2) is 8.30. The average molecular weight is 392 g/mol. The molecule has 3 aromatic rings. The van der Waals surface area contributed by atoms with Gasteiger partial charge < -0.3 is 14.5 Å². The van der Waals surface area contributed by atoms with E-state index in [4.69, 9.17) is 4.74 Å². The van der Waals surface area contributed by atoms with Crippen molar-refractivity contribution in [1.29, 1.82) is 0 Å². The van der Waals surface area contributed by atoms with Crippen LogP contribution in [0.25, 0.3) is 5.82 Å². The molecule has 0 radical (unpaired) electrons. The van der Waals surface area contributed by atoms with E-state index in [1.54, 1.807) is 12.5 Å². The summed E-state index contributed by atoms with van der Waals surface area (Å²) in [5, 5.41) is 8.58. The van der Waals surface area contributed by atoms with E-state index in [0.29, 0.717) is 26.2 Å². The highest BCUT2D eigenvalue weighted by Crippen LogP contribution is 2.21. The van der Waals surface area contributed by atoms with Crippen LogP contribution in [0.15, 0.2) is 49.1 Å². The Morgan fingerprint density at radius 1 is 1.03 bits per heavy atom. The Morgan fingerprint density at radius 2 is 1.79 bits per heavy atom. The van der Waals surface area contributed by atoms with Gasteiger partial charge in [-0.05, 0) is 43.2 Å². The van der Waals surface area contributed by atoms with Gasteiger partial charge in [0, 0.05) is 38.6 Å². The number of carbonyl (C=O) groups is 1. The number of carbonyl (C=O) groups excluding carboxylic acids is 1. The smallest absolute Gasteiger partial charge is 0.260 e. The molecule has 1 aliphatic heterocycles. The van der Waals surface area contributed by atoms with Gasteiger partial charge in [0.15, 0.2) is 18.2 Å². The molecule has 0 N–H and O–H groups in total.